The van der Waals surface area contributed by atoms with Gasteiger partial charge in [-0.1, -0.05) is 32.3 Å². The first-order valence-electron chi connectivity index (χ1n) is 10.2. The number of nitrogens with one attached hydrogen (secondary N) is 2. The lowest BCUT2D eigenvalue weighted by Crippen LogP contribution is -2.49. The average Bonchev–Trinajstić information content (AvgIpc) is 2.89. The van der Waals surface area contributed by atoms with Gasteiger partial charge in [0.25, 0.3) is 11.8 Å². The number of carbonyl (C=O) groups excluding carboxylic acids is 4. The van der Waals surface area contributed by atoms with Crippen molar-refractivity contribution in [3.8, 4) is 0 Å². The van der Waals surface area contributed by atoms with Gasteiger partial charge in [-0.25, -0.2) is 4.79 Å². The van der Waals surface area contributed by atoms with E-state index in [9.17, 15) is 19.2 Å². The van der Waals surface area contributed by atoms with Crippen LogP contribution in [-0.4, -0.2) is 59.2 Å². The molecule has 2 aliphatic rings. The molecule has 5 amide bonds. The molecule has 8 nitrogen and oxygen atoms in total. The van der Waals surface area contributed by atoms with Crippen molar-refractivity contribution in [2.75, 3.05) is 25.5 Å². The second-order valence-corrected chi connectivity index (χ2v) is 7.71. The highest BCUT2D eigenvalue weighted by atomic mass is 16.2. The van der Waals surface area contributed by atoms with E-state index in [4.69, 9.17) is 0 Å². The van der Waals surface area contributed by atoms with Crippen LogP contribution in [0.5, 0.6) is 0 Å². The Labute approximate surface area is 170 Å². The zero-order chi connectivity index (χ0) is 21.0. The maximum Gasteiger partial charge on any atom is 0.327 e. The Hall–Kier alpha value is -2.90. The molecule has 1 heterocycles. The molecule has 8 heteroatoms. The number of hydrogen-bond donors (Lipinski definition) is 2. The largest absolute Gasteiger partial charge is 0.352 e. The molecule has 1 spiro atoms. The van der Waals surface area contributed by atoms with E-state index in [0.717, 1.165) is 30.6 Å². The second kappa shape index (κ2) is 8.63. The number of carbonyl (C=O) groups is 4. The quantitative estimate of drug-likeness (QED) is 0.716. The second-order valence-electron chi connectivity index (χ2n) is 7.71. The summed E-state index contributed by atoms with van der Waals surface area (Å²) in [5, 5.41) is 5.47. The van der Waals surface area contributed by atoms with E-state index in [1.165, 1.54) is 4.90 Å². The van der Waals surface area contributed by atoms with Gasteiger partial charge in [0, 0.05) is 24.8 Å². The lowest BCUT2D eigenvalue weighted by molar-refractivity contribution is -0.136. The third-order valence-corrected chi connectivity index (χ3v) is 5.73. The first-order chi connectivity index (χ1) is 13.9. The first-order valence-corrected chi connectivity index (χ1v) is 10.2. The van der Waals surface area contributed by atoms with Crippen LogP contribution in [0, 0.1) is 0 Å². The molecular weight excluding hydrogens is 372 g/mol. The summed E-state index contributed by atoms with van der Waals surface area (Å²) >= 11 is 0. The van der Waals surface area contributed by atoms with Crippen molar-refractivity contribution < 1.29 is 19.2 Å². The standard InChI is InChI=1S/C21H28N4O4/c1-3-12-22-18(27)15-8-7-9-16(13-15)23-17(26)14-25-19(28)21(24(2)20(25)29)10-5-4-6-11-21/h7-9,13H,3-6,10-12,14H2,1-2H3,(H,22,27)(H,23,26). The third kappa shape index (κ3) is 4.11. The van der Waals surface area contributed by atoms with Crippen LogP contribution in [0.1, 0.15) is 55.8 Å². The number of hydrogen-bond acceptors (Lipinski definition) is 4. The molecule has 1 aromatic carbocycles. The Morgan fingerprint density at radius 2 is 1.86 bits per heavy atom. The fourth-order valence-electron chi connectivity index (χ4n) is 4.09. The molecule has 0 bridgehead atoms. The highest BCUT2D eigenvalue weighted by Gasteiger charge is 2.55. The van der Waals surface area contributed by atoms with Crippen molar-refractivity contribution >= 4 is 29.4 Å². The number of rotatable bonds is 6. The molecule has 1 aliphatic carbocycles. The van der Waals surface area contributed by atoms with Gasteiger partial charge in [0.05, 0.1) is 0 Å². The van der Waals surface area contributed by atoms with Gasteiger partial charge in [0.2, 0.25) is 5.91 Å². The van der Waals surface area contributed by atoms with E-state index >= 15 is 0 Å². The number of benzene rings is 1. The maximum atomic E-state index is 13.0. The van der Waals surface area contributed by atoms with Crippen LogP contribution in [0.25, 0.3) is 0 Å². The summed E-state index contributed by atoms with van der Waals surface area (Å²) in [7, 11) is 1.64. The van der Waals surface area contributed by atoms with Crippen molar-refractivity contribution in [1.29, 1.82) is 0 Å². The molecule has 1 aliphatic heterocycles. The van der Waals surface area contributed by atoms with Crippen LogP contribution < -0.4 is 10.6 Å². The Morgan fingerprint density at radius 1 is 1.14 bits per heavy atom. The van der Waals surface area contributed by atoms with E-state index < -0.39 is 17.5 Å². The molecule has 1 saturated heterocycles. The minimum absolute atomic E-state index is 0.214. The van der Waals surface area contributed by atoms with Crippen LogP contribution >= 0.6 is 0 Å². The van der Waals surface area contributed by atoms with Crippen LogP contribution in [0.15, 0.2) is 24.3 Å². The van der Waals surface area contributed by atoms with Crippen molar-refractivity contribution in [2.24, 2.45) is 0 Å². The lowest BCUT2D eigenvalue weighted by Gasteiger charge is -2.35. The van der Waals surface area contributed by atoms with Gasteiger partial charge in [0.15, 0.2) is 0 Å². The summed E-state index contributed by atoms with van der Waals surface area (Å²) < 4.78 is 0. The molecule has 0 atom stereocenters. The molecule has 29 heavy (non-hydrogen) atoms. The molecule has 0 aromatic heterocycles. The maximum absolute atomic E-state index is 13.0. The van der Waals surface area contributed by atoms with Crippen LogP contribution in [0.4, 0.5) is 10.5 Å². The Kier molecular flexibility index (Phi) is 6.20. The van der Waals surface area contributed by atoms with Gasteiger partial charge in [-0.05, 0) is 37.5 Å². The van der Waals surface area contributed by atoms with Crippen LogP contribution in [0.3, 0.4) is 0 Å². The molecule has 156 valence electrons. The van der Waals surface area contributed by atoms with Crippen molar-refractivity contribution in [3.63, 3.8) is 0 Å². The number of amides is 5. The van der Waals surface area contributed by atoms with Crippen LogP contribution in [-0.2, 0) is 9.59 Å². The van der Waals surface area contributed by atoms with Gasteiger partial charge >= 0.3 is 6.03 Å². The fourth-order valence-corrected chi connectivity index (χ4v) is 4.09. The van der Waals surface area contributed by atoms with Crippen molar-refractivity contribution in [1.82, 2.24) is 15.1 Å². The monoisotopic (exact) mass is 400 g/mol. The average molecular weight is 400 g/mol. The van der Waals surface area contributed by atoms with E-state index in [-0.39, 0.29) is 18.4 Å². The van der Waals surface area contributed by atoms with E-state index in [1.807, 2.05) is 6.92 Å². The molecular formula is C21H28N4O4. The number of likely N-dealkylation sites (N-methyl/N-ethyl adjacent to an activating group) is 1. The summed E-state index contributed by atoms with van der Waals surface area (Å²) in [5.41, 5.74) is 0.0804. The van der Waals surface area contributed by atoms with E-state index in [2.05, 4.69) is 10.6 Å². The minimum Gasteiger partial charge on any atom is -0.352 e. The van der Waals surface area contributed by atoms with Gasteiger partial charge in [-0.2, -0.15) is 0 Å². The molecule has 2 N–H and O–H groups in total. The summed E-state index contributed by atoms with van der Waals surface area (Å²) in [6, 6.07) is 6.14. The topological polar surface area (TPSA) is 98.8 Å². The predicted octanol–water partition coefficient (Wildman–Crippen LogP) is 2.36. The first kappa shape index (κ1) is 20.8. The fraction of sp³-hybridized carbons (Fsp3) is 0.524. The minimum atomic E-state index is -0.799. The summed E-state index contributed by atoms with van der Waals surface area (Å²) in [5.74, 6) is -0.972. The predicted molar refractivity (Wildman–Crippen MR) is 108 cm³/mol. The number of nitrogens with zero attached hydrogens (tertiary/aromatic N) is 2. The van der Waals surface area contributed by atoms with Gasteiger partial charge in [-0.3, -0.25) is 19.3 Å². The zero-order valence-corrected chi connectivity index (χ0v) is 17.0. The van der Waals surface area contributed by atoms with Crippen molar-refractivity contribution in [2.45, 2.75) is 51.0 Å². The third-order valence-electron chi connectivity index (χ3n) is 5.73. The Balaban J connectivity index is 1.66. The Morgan fingerprint density at radius 3 is 2.55 bits per heavy atom. The summed E-state index contributed by atoms with van der Waals surface area (Å²) in [6.45, 7) is 2.20. The van der Waals surface area contributed by atoms with Gasteiger partial charge in [0.1, 0.15) is 12.1 Å². The molecule has 1 saturated carbocycles. The summed E-state index contributed by atoms with van der Waals surface area (Å²) in [4.78, 5) is 52.7. The lowest BCUT2D eigenvalue weighted by atomic mass is 9.81. The number of imide groups is 1. The summed E-state index contributed by atoms with van der Waals surface area (Å²) in [6.07, 6.45) is 4.96. The molecule has 2 fully saturated rings. The zero-order valence-electron chi connectivity index (χ0n) is 17.0. The molecule has 1 aromatic rings. The molecule has 3 rings (SSSR count). The van der Waals surface area contributed by atoms with Gasteiger partial charge < -0.3 is 15.5 Å². The van der Waals surface area contributed by atoms with Crippen molar-refractivity contribution in [3.05, 3.63) is 29.8 Å². The Bertz CT molecular complexity index is 817. The highest BCUT2D eigenvalue weighted by Crippen LogP contribution is 2.39. The van der Waals surface area contributed by atoms with Gasteiger partial charge in [-0.15, -0.1) is 0 Å². The number of urea groups is 1. The SMILES string of the molecule is CCCNC(=O)c1cccc(NC(=O)CN2C(=O)N(C)C3(CCCCC3)C2=O)c1. The van der Waals surface area contributed by atoms with Crippen LogP contribution in [0.2, 0.25) is 0 Å². The normalized spacial score (nSPS) is 18.3. The molecule has 0 unspecified atom stereocenters. The molecule has 0 radical (unpaired) electrons. The number of anilines is 1. The van der Waals surface area contributed by atoms with E-state index in [1.54, 1.807) is 31.3 Å². The van der Waals surface area contributed by atoms with E-state index in [0.29, 0.717) is 30.6 Å². The smallest absolute Gasteiger partial charge is 0.327 e. The highest BCUT2D eigenvalue weighted by molar-refractivity contribution is 6.10.